The van der Waals surface area contributed by atoms with Crippen molar-refractivity contribution in [1.82, 2.24) is 24.7 Å². The number of nitrogens with one attached hydrogen (secondary N) is 1. The zero-order valence-corrected chi connectivity index (χ0v) is 13.6. The quantitative estimate of drug-likeness (QED) is 0.614. The summed E-state index contributed by atoms with van der Waals surface area (Å²) in [6.45, 7) is 1.98. The summed E-state index contributed by atoms with van der Waals surface area (Å²) in [6.07, 6.45) is 5.04. The molecule has 0 aliphatic rings. The Balaban J connectivity index is 1.67. The van der Waals surface area contributed by atoms with Crippen LogP contribution in [0.15, 0.2) is 55.0 Å². The van der Waals surface area contributed by atoms with Gasteiger partial charge in [0.15, 0.2) is 5.65 Å². The van der Waals surface area contributed by atoms with Crippen LogP contribution in [0, 0.1) is 6.92 Å². The Bertz CT molecular complexity index is 1030. The number of hydrogen-bond acceptors (Lipinski definition) is 5. The molecule has 0 saturated heterocycles. The number of halogens is 1. The second kappa shape index (κ2) is 5.90. The Hall–Kier alpha value is -2.99. The number of anilines is 2. The maximum absolute atomic E-state index is 6.06. The van der Waals surface area contributed by atoms with Gasteiger partial charge in [0.05, 0.1) is 23.3 Å². The number of aromatic nitrogens is 5. The Kier molecular flexibility index (Phi) is 3.59. The smallest absolute Gasteiger partial charge is 0.180 e. The van der Waals surface area contributed by atoms with Crippen molar-refractivity contribution in [2.24, 2.45) is 0 Å². The number of benzene rings is 1. The first-order valence-electron chi connectivity index (χ1n) is 7.36. The van der Waals surface area contributed by atoms with E-state index in [0.717, 1.165) is 22.6 Å². The molecule has 1 aromatic carbocycles. The molecule has 4 rings (SSSR count). The zero-order valence-electron chi connectivity index (χ0n) is 12.8. The van der Waals surface area contributed by atoms with E-state index in [0.29, 0.717) is 16.5 Å². The van der Waals surface area contributed by atoms with Crippen LogP contribution in [0.25, 0.3) is 16.9 Å². The first kappa shape index (κ1) is 14.6. The van der Waals surface area contributed by atoms with E-state index in [1.165, 1.54) is 0 Å². The van der Waals surface area contributed by atoms with Crippen molar-refractivity contribution >= 4 is 34.3 Å². The fourth-order valence-electron chi connectivity index (χ4n) is 2.46. The monoisotopic (exact) mass is 336 g/mol. The van der Waals surface area contributed by atoms with Gasteiger partial charge in [-0.1, -0.05) is 17.7 Å². The lowest BCUT2D eigenvalue weighted by atomic mass is 10.3. The zero-order chi connectivity index (χ0) is 16.5. The maximum atomic E-state index is 6.06. The molecule has 0 aliphatic heterocycles. The van der Waals surface area contributed by atoms with E-state index < -0.39 is 0 Å². The summed E-state index contributed by atoms with van der Waals surface area (Å²) in [5.41, 5.74) is 4.09. The highest BCUT2D eigenvalue weighted by atomic mass is 35.5. The third kappa shape index (κ3) is 2.68. The third-order valence-electron chi connectivity index (χ3n) is 3.66. The van der Waals surface area contributed by atoms with Gasteiger partial charge in [0.1, 0.15) is 11.3 Å². The fraction of sp³-hybridized carbons (Fsp3) is 0.0588. The van der Waals surface area contributed by atoms with Crippen LogP contribution in [0.3, 0.4) is 0 Å². The number of rotatable bonds is 3. The van der Waals surface area contributed by atoms with Crippen LogP contribution in [-0.4, -0.2) is 24.7 Å². The summed E-state index contributed by atoms with van der Waals surface area (Å²) in [6, 6.07) is 11.3. The van der Waals surface area contributed by atoms with Crippen LogP contribution >= 0.6 is 11.6 Å². The second-order valence-corrected chi connectivity index (χ2v) is 5.69. The molecule has 0 saturated carbocycles. The van der Waals surface area contributed by atoms with E-state index in [9.17, 15) is 0 Å². The maximum Gasteiger partial charge on any atom is 0.180 e. The lowest BCUT2D eigenvalue weighted by molar-refractivity contribution is 0.847. The van der Waals surface area contributed by atoms with Crippen LogP contribution in [0.4, 0.5) is 11.5 Å². The summed E-state index contributed by atoms with van der Waals surface area (Å²) in [5, 5.41) is 8.37. The first-order chi connectivity index (χ1) is 11.7. The van der Waals surface area contributed by atoms with Crippen molar-refractivity contribution in [2.45, 2.75) is 6.92 Å². The number of hydrogen-bond donors (Lipinski definition) is 1. The molecule has 0 spiro atoms. The molecule has 4 aromatic rings. The van der Waals surface area contributed by atoms with Crippen LogP contribution in [0.1, 0.15) is 5.69 Å². The predicted molar refractivity (Wildman–Crippen MR) is 93.9 cm³/mol. The summed E-state index contributed by atoms with van der Waals surface area (Å²) in [5.74, 6) is 0.691. The molecule has 6 nitrogen and oxygen atoms in total. The minimum atomic E-state index is 0.599. The van der Waals surface area contributed by atoms with Crippen LogP contribution < -0.4 is 5.32 Å². The standard InChI is InChI=1S/C17H13ClN6/c1-11-15(10-21-24(11)13-4-2-3-12(18)9-13)22-16-6-5-14-17(23-16)20-8-7-19-14/h2-10H,1H3,(H,20,22,23). The van der Waals surface area contributed by atoms with Crippen LogP contribution in [-0.2, 0) is 0 Å². The first-order valence-corrected chi connectivity index (χ1v) is 7.74. The third-order valence-corrected chi connectivity index (χ3v) is 3.89. The van der Waals surface area contributed by atoms with E-state index in [1.807, 2.05) is 48.0 Å². The van der Waals surface area contributed by atoms with Crippen molar-refractivity contribution in [3.63, 3.8) is 0 Å². The molecule has 0 atom stereocenters. The fourth-order valence-corrected chi connectivity index (χ4v) is 2.65. The average Bonchev–Trinajstić information content (AvgIpc) is 2.95. The number of fused-ring (bicyclic) bond motifs is 1. The van der Waals surface area contributed by atoms with Gasteiger partial charge in [-0.3, -0.25) is 4.98 Å². The van der Waals surface area contributed by atoms with E-state index in [2.05, 4.69) is 25.4 Å². The second-order valence-electron chi connectivity index (χ2n) is 5.26. The molecule has 118 valence electrons. The van der Waals surface area contributed by atoms with E-state index >= 15 is 0 Å². The van der Waals surface area contributed by atoms with Gasteiger partial charge in [-0.15, -0.1) is 0 Å². The van der Waals surface area contributed by atoms with Crippen molar-refractivity contribution in [3.8, 4) is 5.69 Å². The molecular formula is C17H13ClN6. The van der Waals surface area contributed by atoms with Crippen LogP contribution in [0.2, 0.25) is 5.02 Å². The SMILES string of the molecule is Cc1c(Nc2ccc3nccnc3n2)cnn1-c1cccc(Cl)c1. The number of pyridine rings is 1. The Labute approximate surface area is 143 Å². The Morgan fingerprint density at radius 2 is 1.96 bits per heavy atom. The highest BCUT2D eigenvalue weighted by molar-refractivity contribution is 6.30. The summed E-state index contributed by atoms with van der Waals surface area (Å²) in [4.78, 5) is 12.9. The molecule has 0 bridgehead atoms. The van der Waals surface area contributed by atoms with Crippen molar-refractivity contribution in [3.05, 3.63) is 65.7 Å². The average molecular weight is 337 g/mol. The normalized spacial score (nSPS) is 10.9. The van der Waals surface area contributed by atoms with Gasteiger partial charge in [-0.25, -0.2) is 14.6 Å². The summed E-state index contributed by atoms with van der Waals surface area (Å²) < 4.78 is 1.83. The van der Waals surface area contributed by atoms with Crippen molar-refractivity contribution in [1.29, 1.82) is 0 Å². The van der Waals surface area contributed by atoms with Gasteiger partial charge in [-0.05, 0) is 37.3 Å². The number of nitrogens with zero attached hydrogens (tertiary/aromatic N) is 5. The molecule has 0 unspecified atom stereocenters. The Morgan fingerprint density at radius 3 is 2.83 bits per heavy atom. The van der Waals surface area contributed by atoms with E-state index in [4.69, 9.17) is 11.6 Å². The van der Waals surface area contributed by atoms with Gasteiger partial charge >= 0.3 is 0 Å². The van der Waals surface area contributed by atoms with Gasteiger partial charge in [0.25, 0.3) is 0 Å². The highest BCUT2D eigenvalue weighted by Crippen LogP contribution is 2.23. The van der Waals surface area contributed by atoms with Gasteiger partial charge in [-0.2, -0.15) is 5.10 Å². The molecule has 0 radical (unpaired) electrons. The minimum absolute atomic E-state index is 0.599. The molecule has 3 heterocycles. The summed E-state index contributed by atoms with van der Waals surface area (Å²) in [7, 11) is 0. The molecule has 0 fully saturated rings. The molecule has 24 heavy (non-hydrogen) atoms. The van der Waals surface area contributed by atoms with Crippen LogP contribution in [0.5, 0.6) is 0 Å². The van der Waals surface area contributed by atoms with Gasteiger partial charge in [0, 0.05) is 17.4 Å². The van der Waals surface area contributed by atoms with E-state index in [1.54, 1.807) is 18.6 Å². The summed E-state index contributed by atoms with van der Waals surface area (Å²) >= 11 is 6.06. The largest absolute Gasteiger partial charge is 0.337 e. The van der Waals surface area contributed by atoms with Gasteiger partial charge < -0.3 is 5.32 Å². The van der Waals surface area contributed by atoms with Crippen molar-refractivity contribution in [2.75, 3.05) is 5.32 Å². The Morgan fingerprint density at radius 1 is 1.08 bits per heavy atom. The topological polar surface area (TPSA) is 68.5 Å². The molecule has 3 aromatic heterocycles. The molecule has 0 aliphatic carbocycles. The molecular weight excluding hydrogens is 324 g/mol. The highest BCUT2D eigenvalue weighted by Gasteiger charge is 2.10. The lowest BCUT2D eigenvalue weighted by Crippen LogP contribution is -2.00. The lowest BCUT2D eigenvalue weighted by Gasteiger charge is -2.07. The minimum Gasteiger partial charge on any atom is -0.337 e. The molecule has 0 amide bonds. The molecule has 1 N–H and O–H groups in total. The van der Waals surface area contributed by atoms with Crippen molar-refractivity contribution < 1.29 is 0 Å². The molecule has 7 heteroatoms. The predicted octanol–water partition coefficient (Wildman–Crippen LogP) is 3.92. The van der Waals surface area contributed by atoms with Gasteiger partial charge in [0.2, 0.25) is 0 Å². The van der Waals surface area contributed by atoms with E-state index in [-0.39, 0.29) is 0 Å².